The molecular weight excluding hydrogens is 376 g/mol. The number of hydrogen-bond acceptors (Lipinski definition) is 6. The summed E-state index contributed by atoms with van der Waals surface area (Å²) in [4.78, 5) is 17.6. The number of aryl methyl sites for hydroxylation is 4. The molecule has 0 amide bonds. The molecule has 0 radical (unpaired) electrons. The molecule has 2 N–H and O–H groups in total. The maximum Gasteiger partial charge on any atom is 0.181 e. The third kappa shape index (κ3) is 4.38. The molecule has 0 aliphatic carbocycles. The Bertz CT molecular complexity index is 1090. The van der Waals surface area contributed by atoms with Crippen molar-refractivity contribution in [3.8, 4) is 11.5 Å². The lowest BCUT2D eigenvalue weighted by Gasteiger charge is -2.10. The van der Waals surface area contributed by atoms with Gasteiger partial charge in [0.05, 0.1) is 11.9 Å². The van der Waals surface area contributed by atoms with Crippen LogP contribution in [-0.2, 0) is 0 Å². The lowest BCUT2D eigenvalue weighted by atomic mass is 10.0. The smallest absolute Gasteiger partial charge is 0.181 e. The molecule has 6 heteroatoms. The summed E-state index contributed by atoms with van der Waals surface area (Å²) >= 11 is 0. The Labute approximate surface area is 176 Å². The largest absolute Gasteiger partial charge is 0.507 e. The van der Waals surface area contributed by atoms with E-state index in [4.69, 9.17) is 0 Å². The molecule has 1 heterocycles. The predicted molar refractivity (Wildman–Crippen MR) is 121 cm³/mol. The third-order valence-electron chi connectivity index (χ3n) is 4.90. The first-order valence-corrected chi connectivity index (χ1v) is 9.69. The van der Waals surface area contributed by atoms with Crippen LogP contribution in [0.4, 0.5) is 11.5 Å². The van der Waals surface area contributed by atoms with E-state index in [0.717, 1.165) is 22.3 Å². The highest BCUT2D eigenvalue weighted by molar-refractivity contribution is 6.05. The quantitative estimate of drug-likeness (QED) is 0.571. The Hall–Kier alpha value is -3.54. The minimum absolute atomic E-state index is 0.206. The maximum absolute atomic E-state index is 10.4. The van der Waals surface area contributed by atoms with E-state index in [-0.39, 0.29) is 11.5 Å². The van der Waals surface area contributed by atoms with E-state index >= 15 is 0 Å². The van der Waals surface area contributed by atoms with Crippen LogP contribution in [0.3, 0.4) is 0 Å². The van der Waals surface area contributed by atoms with E-state index in [0.29, 0.717) is 34.1 Å². The van der Waals surface area contributed by atoms with Crippen molar-refractivity contribution in [2.45, 2.75) is 41.5 Å². The van der Waals surface area contributed by atoms with Crippen LogP contribution in [-0.4, -0.2) is 31.6 Å². The first kappa shape index (κ1) is 21.2. The summed E-state index contributed by atoms with van der Waals surface area (Å²) in [5.41, 5.74) is 6.73. The van der Waals surface area contributed by atoms with Gasteiger partial charge < -0.3 is 10.2 Å². The van der Waals surface area contributed by atoms with Crippen molar-refractivity contribution in [3.63, 3.8) is 0 Å². The van der Waals surface area contributed by atoms with Crippen LogP contribution >= 0.6 is 0 Å². The number of rotatable bonds is 4. The molecule has 0 unspecified atom stereocenters. The highest BCUT2D eigenvalue weighted by Crippen LogP contribution is 2.30. The van der Waals surface area contributed by atoms with E-state index < -0.39 is 0 Å². The fraction of sp³-hybridized carbons (Fsp3) is 0.250. The molecule has 0 aliphatic heterocycles. The Morgan fingerprint density at radius 3 is 1.80 bits per heavy atom. The van der Waals surface area contributed by atoms with Gasteiger partial charge in [0.1, 0.15) is 23.5 Å². The monoisotopic (exact) mass is 402 g/mol. The van der Waals surface area contributed by atoms with Crippen LogP contribution in [0.2, 0.25) is 0 Å². The summed E-state index contributed by atoms with van der Waals surface area (Å²) in [6, 6.07) is 7.64. The Morgan fingerprint density at radius 1 is 0.767 bits per heavy atom. The van der Waals surface area contributed by atoms with Crippen LogP contribution in [0.5, 0.6) is 11.5 Å². The summed E-state index contributed by atoms with van der Waals surface area (Å²) in [7, 11) is 0. The number of benzene rings is 2. The number of aromatic hydroxyl groups is 2. The van der Waals surface area contributed by atoms with Crippen LogP contribution in [0.15, 0.2) is 46.8 Å². The molecule has 0 saturated heterocycles. The number of phenols is 2. The van der Waals surface area contributed by atoms with E-state index in [2.05, 4.69) is 20.0 Å². The molecule has 0 atom stereocenters. The van der Waals surface area contributed by atoms with E-state index in [1.807, 2.05) is 65.8 Å². The fourth-order valence-corrected chi connectivity index (χ4v) is 3.41. The maximum atomic E-state index is 10.4. The first-order chi connectivity index (χ1) is 14.2. The second-order valence-corrected chi connectivity index (χ2v) is 7.58. The van der Waals surface area contributed by atoms with Crippen LogP contribution in [0, 0.1) is 27.7 Å². The zero-order valence-electron chi connectivity index (χ0n) is 18.1. The molecule has 0 saturated carbocycles. The average molecular weight is 402 g/mol. The SMILES string of the molecule is CC(=Nc1cncnc1N=C(C)c1cc(C)cc(C)c1O)c1cc(C)cc(C)c1O. The normalized spacial score (nSPS) is 12.3. The van der Waals surface area contributed by atoms with Crippen LogP contribution in [0.1, 0.15) is 47.2 Å². The number of aliphatic imine (C=N–C) groups is 2. The van der Waals surface area contributed by atoms with E-state index in [1.165, 1.54) is 6.33 Å². The Morgan fingerprint density at radius 2 is 1.27 bits per heavy atom. The van der Waals surface area contributed by atoms with Gasteiger partial charge in [-0.3, -0.25) is 0 Å². The third-order valence-corrected chi connectivity index (χ3v) is 4.90. The molecule has 0 bridgehead atoms. The second-order valence-electron chi connectivity index (χ2n) is 7.58. The van der Waals surface area contributed by atoms with Gasteiger partial charge in [-0.25, -0.2) is 20.0 Å². The predicted octanol–water partition coefficient (Wildman–Crippen LogP) is 5.40. The fourth-order valence-electron chi connectivity index (χ4n) is 3.41. The van der Waals surface area contributed by atoms with Crippen molar-refractivity contribution in [1.29, 1.82) is 0 Å². The molecule has 3 aromatic rings. The van der Waals surface area contributed by atoms with Gasteiger partial charge in [0.2, 0.25) is 0 Å². The Kier molecular flexibility index (Phi) is 5.96. The minimum Gasteiger partial charge on any atom is -0.507 e. The van der Waals surface area contributed by atoms with E-state index in [1.54, 1.807) is 6.20 Å². The molecule has 0 aliphatic rings. The number of aromatic nitrogens is 2. The van der Waals surface area contributed by atoms with Gasteiger partial charge >= 0.3 is 0 Å². The van der Waals surface area contributed by atoms with Crippen molar-refractivity contribution in [2.75, 3.05) is 0 Å². The Balaban J connectivity index is 2.08. The van der Waals surface area contributed by atoms with E-state index in [9.17, 15) is 10.2 Å². The second kappa shape index (κ2) is 8.45. The van der Waals surface area contributed by atoms with Gasteiger partial charge in [-0.15, -0.1) is 0 Å². The minimum atomic E-state index is 0.206. The summed E-state index contributed by atoms with van der Waals surface area (Å²) in [6.45, 7) is 11.3. The molecule has 3 rings (SSSR count). The molecule has 30 heavy (non-hydrogen) atoms. The summed E-state index contributed by atoms with van der Waals surface area (Å²) in [5.74, 6) is 0.807. The van der Waals surface area contributed by atoms with Gasteiger partial charge in [-0.1, -0.05) is 12.1 Å². The highest BCUT2D eigenvalue weighted by Gasteiger charge is 2.12. The molecule has 2 aromatic carbocycles. The first-order valence-electron chi connectivity index (χ1n) is 9.69. The van der Waals surface area contributed by atoms with Gasteiger partial charge in [0, 0.05) is 16.8 Å². The van der Waals surface area contributed by atoms with Crippen molar-refractivity contribution in [1.82, 2.24) is 9.97 Å². The van der Waals surface area contributed by atoms with Crippen LogP contribution < -0.4 is 0 Å². The number of nitrogens with zero attached hydrogens (tertiary/aromatic N) is 4. The number of phenolic OH excluding ortho intramolecular Hbond substituents is 2. The zero-order chi connectivity index (χ0) is 22.0. The van der Waals surface area contributed by atoms with Crippen molar-refractivity contribution in [2.24, 2.45) is 9.98 Å². The highest BCUT2D eigenvalue weighted by atomic mass is 16.3. The van der Waals surface area contributed by atoms with Crippen LogP contribution in [0.25, 0.3) is 0 Å². The lowest BCUT2D eigenvalue weighted by molar-refractivity contribution is 0.469. The molecule has 0 spiro atoms. The standard InChI is InChI=1S/C24H26N4O2/c1-13-7-15(3)22(29)19(9-13)17(5)27-21-11-25-12-26-24(21)28-18(6)20-10-14(2)8-16(4)23(20)30/h7-12,29-30H,1-6H3. The van der Waals surface area contributed by atoms with Gasteiger partial charge in [0.15, 0.2) is 5.82 Å². The number of hydrogen-bond donors (Lipinski definition) is 2. The summed E-state index contributed by atoms with van der Waals surface area (Å²) in [5, 5.41) is 20.9. The average Bonchev–Trinajstić information content (AvgIpc) is 2.68. The van der Waals surface area contributed by atoms with Crippen molar-refractivity contribution >= 4 is 22.9 Å². The topological polar surface area (TPSA) is 91.0 Å². The van der Waals surface area contributed by atoms with Gasteiger partial charge in [-0.2, -0.15) is 0 Å². The lowest BCUT2D eigenvalue weighted by Crippen LogP contribution is -1.99. The van der Waals surface area contributed by atoms with Crippen molar-refractivity contribution in [3.05, 3.63) is 70.2 Å². The van der Waals surface area contributed by atoms with Gasteiger partial charge in [-0.05, 0) is 75.9 Å². The van der Waals surface area contributed by atoms with Gasteiger partial charge in [0.25, 0.3) is 0 Å². The molecule has 6 nitrogen and oxygen atoms in total. The molecule has 154 valence electrons. The zero-order valence-corrected chi connectivity index (χ0v) is 18.1. The summed E-state index contributed by atoms with van der Waals surface area (Å²) < 4.78 is 0. The molecule has 1 aromatic heterocycles. The molecular formula is C24H26N4O2. The molecule has 0 fully saturated rings. The van der Waals surface area contributed by atoms with Crippen molar-refractivity contribution < 1.29 is 10.2 Å². The summed E-state index contributed by atoms with van der Waals surface area (Å²) in [6.07, 6.45) is 3.00.